The van der Waals surface area contributed by atoms with Crippen LogP contribution in [0.15, 0.2) is 31.0 Å². The molecule has 2 rings (SSSR count). The molecule has 15 heavy (non-hydrogen) atoms. The monoisotopic (exact) mass is 206 g/mol. The van der Waals surface area contributed by atoms with E-state index in [2.05, 4.69) is 20.5 Å². The second kappa shape index (κ2) is 3.70. The van der Waals surface area contributed by atoms with Crippen LogP contribution in [0.25, 0.3) is 0 Å². The van der Waals surface area contributed by atoms with Crippen molar-refractivity contribution in [3.63, 3.8) is 0 Å². The maximum absolute atomic E-state index is 10.4. The first-order valence-electron chi connectivity index (χ1n) is 3.98. The number of hydrogen-bond acceptors (Lipinski definition) is 6. The second-order valence-corrected chi connectivity index (χ2v) is 2.61. The maximum atomic E-state index is 10.4. The predicted molar refractivity (Wildman–Crippen MR) is 49.9 cm³/mol. The average Bonchev–Trinajstić information content (AvgIpc) is 2.68. The molecule has 0 saturated heterocycles. The van der Waals surface area contributed by atoms with Gasteiger partial charge in [0.2, 0.25) is 0 Å². The van der Waals surface area contributed by atoms with Gasteiger partial charge in [-0.25, -0.2) is 9.97 Å². The van der Waals surface area contributed by atoms with E-state index in [1.807, 2.05) is 0 Å². The zero-order valence-corrected chi connectivity index (χ0v) is 7.44. The highest BCUT2D eigenvalue weighted by atomic mass is 16.6. The van der Waals surface area contributed by atoms with E-state index >= 15 is 0 Å². The van der Waals surface area contributed by atoms with Crippen LogP contribution in [-0.4, -0.2) is 24.8 Å². The fraction of sp³-hybridized carbons (Fsp3) is 0. The molecule has 0 aromatic carbocycles. The van der Waals surface area contributed by atoms with Crippen molar-refractivity contribution in [2.45, 2.75) is 0 Å². The van der Waals surface area contributed by atoms with E-state index in [-0.39, 0.29) is 5.69 Å². The Morgan fingerprint density at radius 3 is 3.00 bits per heavy atom. The molecule has 0 saturated carbocycles. The molecule has 0 aliphatic rings. The Morgan fingerprint density at radius 1 is 1.53 bits per heavy atom. The number of nitrogens with one attached hydrogen (secondary N) is 1. The van der Waals surface area contributed by atoms with E-state index in [9.17, 15) is 10.1 Å². The number of rotatable bonds is 3. The predicted octanol–water partition coefficient (Wildman–Crippen LogP) is 0.456. The normalized spacial score (nSPS) is 9.87. The Hall–Kier alpha value is -2.51. The number of nitro groups is 1. The molecule has 2 aromatic rings. The highest BCUT2D eigenvalue weighted by Gasteiger charge is 2.08. The van der Waals surface area contributed by atoms with Gasteiger partial charge in [-0.05, 0) is 0 Å². The van der Waals surface area contributed by atoms with Crippen LogP contribution in [0, 0.1) is 10.1 Å². The molecular formula is C7H6N6O2. The first kappa shape index (κ1) is 9.06. The fourth-order valence-corrected chi connectivity index (χ4v) is 0.943. The van der Waals surface area contributed by atoms with Crippen molar-refractivity contribution in [3.8, 4) is 0 Å². The highest BCUT2D eigenvalue weighted by Crippen LogP contribution is 2.08. The van der Waals surface area contributed by atoms with Crippen molar-refractivity contribution in [1.82, 2.24) is 19.9 Å². The van der Waals surface area contributed by atoms with Gasteiger partial charge in [0.15, 0.2) is 0 Å². The van der Waals surface area contributed by atoms with Gasteiger partial charge >= 0.3 is 5.69 Å². The largest absolute Gasteiger partial charge is 0.309 e. The minimum absolute atomic E-state index is 0.0865. The molecular weight excluding hydrogens is 200 g/mol. The summed E-state index contributed by atoms with van der Waals surface area (Å²) >= 11 is 0. The molecule has 76 valence electrons. The van der Waals surface area contributed by atoms with Crippen LogP contribution < -0.4 is 5.43 Å². The summed E-state index contributed by atoms with van der Waals surface area (Å²) in [5.41, 5.74) is 2.64. The number of hydrogen-bond donors (Lipinski definition) is 1. The molecule has 0 aliphatic carbocycles. The van der Waals surface area contributed by atoms with Crippen molar-refractivity contribution in [2.75, 3.05) is 5.43 Å². The average molecular weight is 206 g/mol. The first-order chi connectivity index (χ1) is 7.25. The van der Waals surface area contributed by atoms with Gasteiger partial charge in [0.1, 0.15) is 24.5 Å². The third kappa shape index (κ3) is 2.05. The van der Waals surface area contributed by atoms with E-state index in [4.69, 9.17) is 0 Å². The minimum Gasteiger partial charge on any atom is -0.261 e. The summed E-state index contributed by atoms with van der Waals surface area (Å²) in [5.74, 6) is 0.503. The van der Waals surface area contributed by atoms with Gasteiger partial charge in [0, 0.05) is 12.3 Å². The summed E-state index contributed by atoms with van der Waals surface area (Å²) in [5, 5.41) is 14.1. The van der Waals surface area contributed by atoms with Crippen LogP contribution >= 0.6 is 0 Å². The van der Waals surface area contributed by atoms with Crippen molar-refractivity contribution < 1.29 is 4.92 Å². The van der Waals surface area contributed by atoms with Gasteiger partial charge in [-0.3, -0.25) is 15.5 Å². The molecule has 2 aromatic heterocycles. The second-order valence-electron chi connectivity index (χ2n) is 2.61. The zero-order chi connectivity index (χ0) is 10.7. The summed E-state index contributed by atoms with van der Waals surface area (Å²) in [7, 11) is 0. The number of aromatic nitrogens is 4. The van der Waals surface area contributed by atoms with E-state index in [1.54, 1.807) is 12.3 Å². The Bertz CT molecular complexity index is 467. The van der Waals surface area contributed by atoms with Crippen molar-refractivity contribution in [1.29, 1.82) is 0 Å². The van der Waals surface area contributed by atoms with Crippen LogP contribution in [0.4, 0.5) is 11.5 Å². The van der Waals surface area contributed by atoms with Crippen molar-refractivity contribution in [3.05, 3.63) is 41.1 Å². The van der Waals surface area contributed by atoms with Gasteiger partial charge in [-0.15, -0.1) is 0 Å². The Labute approximate surface area is 83.7 Å². The van der Waals surface area contributed by atoms with E-state index in [0.29, 0.717) is 5.82 Å². The van der Waals surface area contributed by atoms with Crippen LogP contribution in [0.1, 0.15) is 0 Å². The van der Waals surface area contributed by atoms with Gasteiger partial charge in [-0.2, -0.15) is 9.89 Å². The summed E-state index contributed by atoms with van der Waals surface area (Å²) in [6, 6.07) is 1.62. The van der Waals surface area contributed by atoms with Gasteiger partial charge in [0.25, 0.3) is 0 Å². The van der Waals surface area contributed by atoms with Crippen LogP contribution in [0.2, 0.25) is 0 Å². The van der Waals surface area contributed by atoms with E-state index in [1.165, 1.54) is 17.3 Å². The summed E-state index contributed by atoms with van der Waals surface area (Å²) in [4.78, 5) is 18.7. The topological polar surface area (TPSA) is 98.8 Å². The molecule has 0 unspecified atom stereocenters. The summed E-state index contributed by atoms with van der Waals surface area (Å²) in [6.07, 6.45) is 5.31. The third-order valence-electron chi connectivity index (χ3n) is 1.59. The number of nitrogens with zero attached hydrogens (tertiary/aromatic N) is 5. The highest BCUT2D eigenvalue weighted by molar-refractivity contribution is 5.32. The third-order valence-corrected chi connectivity index (χ3v) is 1.59. The van der Waals surface area contributed by atoms with Crippen LogP contribution in [-0.2, 0) is 0 Å². The lowest BCUT2D eigenvalue weighted by Gasteiger charge is -2.01. The zero-order valence-electron chi connectivity index (χ0n) is 7.44. The molecule has 1 N–H and O–H groups in total. The maximum Gasteiger partial charge on any atom is 0.309 e. The Morgan fingerprint density at radius 2 is 2.40 bits per heavy atom. The van der Waals surface area contributed by atoms with E-state index < -0.39 is 4.92 Å². The molecule has 8 heteroatoms. The molecule has 0 aliphatic heterocycles. The summed E-state index contributed by atoms with van der Waals surface area (Å²) in [6.45, 7) is 0. The van der Waals surface area contributed by atoms with Crippen molar-refractivity contribution in [2.24, 2.45) is 0 Å². The van der Waals surface area contributed by atoms with Gasteiger partial charge in [-0.1, -0.05) is 0 Å². The minimum atomic E-state index is -0.523. The molecule has 0 fully saturated rings. The SMILES string of the molecule is O=[N+]([O-])c1cnn(Nc2ccncn2)c1. The molecule has 0 spiro atoms. The molecule has 0 radical (unpaired) electrons. The summed E-state index contributed by atoms with van der Waals surface area (Å²) < 4.78 is 0. The lowest BCUT2D eigenvalue weighted by atomic mass is 10.6. The van der Waals surface area contributed by atoms with Gasteiger partial charge < -0.3 is 0 Å². The quantitative estimate of drug-likeness (QED) is 0.578. The van der Waals surface area contributed by atoms with Gasteiger partial charge in [0.05, 0.1) is 4.92 Å². The van der Waals surface area contributed by atoms with Crippen LogP contribution in [0.3, 0.4) is 0 Å². The molecule has 0 amide bonds. The molecule has 0 atom stereocenters. The Kier molecular flexibility index (Phi) is 2.23. The first-order valence-corrected chi connectivity index (χ1v) is 3.98. The molecule has 8 nitrogen and oxygen atoms in total. The smallest absolute Gasteiger partial charge is 0.261 e. The van der Waals surface area contributed by atoms with Crippen molar-refractivity contribution >= 4 is 11.5 Å². The lowest BCUT2D eigenvalue weighted by Crippen LogP contribution is -2.10. The Balaban J connectivity index is 2.15. The van der Waals surface area contributed by atoms with Crippen LogP contribution in [0.5, 0.6) is 0 Å². The molecule has 0 bridgehead atoms. The standard InChI is InChI=1S/C7H6N6O2/c14-13(15)6-3-10-12(4-6)11-7-1-2-8-5-9-7/h1-5H,(H,8,9,11). The fourth-order valence-electron chi connectivity index (χ4n) is 0.943. The molecule has 2 heterocycles. The lowest BCUT2D eigenvalue weighted by molar-refractivity contribution is -0.384. The van der Waals surface area contributed by atoms with E-state index in [0.717, 1.165) is 6.20 Å². The number of anilines is 1.